The summed E-state index contributed by atoms with van der Waals surface area (Å²) in [7, 11) is -3.67. The second kappa shape index (κ2) is 5.68. The maximum Gasteiger partial charge on any atom is 0.259 e. The van der Waals surface area contributed by atoms with E-state index in [2.05, 4.69) is 0 Å². The van der Waals surface area contributed by atoms with Gasteiger partial charge >= 0.3 is 0 Å². The summed E-state index contributed by atoms with van der Waals surface area (Å²) in [6.07, 6.45) is 0. The van der Waals surface area contributed by atoms with Gasteiger partial charge in [-0.25, -0.2) is 0 Å². The van der Waals surface area contributed by atoms with E-state index < -0.39 is 7.37 Å². The van der Waals surface area contributed by atoms with Gasteiger partial charge in [-0.1, -0.05) is 36.4 Å². The van der Waals surface area contributed by atoms with Crippen LogP contribution in [0, 0.1) is 0 Å². The lowest BCUT2D eigenvalue weighted by Crippen LogP contribution is -2.24. The van der Waals surface area contributed by atoms with Crippen LogP contribution >= 0.6 is 7.37 Å². The van der Waals surface area contributed by atoms with E-state index in [4.69, 9.17) is 11.5 Å². The number of hydrogen-bond acceptors (Lipinski definition) is 3. The van der Waals surface area contributed by atoms with Crippen LogP contribution < -0.4 is 22.1 Å². The highest BCUT2D eigenvalue weighted by Crippen LogP contribution is 2.40. The minimum Gasteiger partial charge on any atom is -0.338 e. The fourth-order valence-corrected chi connectivity index (χ4v) is 4.03. The predicted octanol–water partition coefficient (Wildman–Crippen LogP) is 0.825. The molecule has 0 heterocycles. The topological polar surface area (TPSA) is 89.3 Å². The second-order valence-corrected chi connectivity index (χ2v) is 6.36. The van der Waals surface area contributed by atoms with Crippen molar-refractivity contribution in [3.8, 4) is 0 Å². The zero-order valence-corrected chi connectivity index (χ0v) is 11.4. The molecule has 0 amide bonds. The Morgan fingerprint density at radius 2 is 1.21 bits per heavy atom. The van der Waals surface area contributed by atoms with Gasteiger partial charge in [-0.3, -0.25) is 4.57 Å². The molecule has 0 unspecified atom stereocenters. The van der Waals surface area contributed by atoms with Crippen LogP contribution in [-0.4, -0.2) is 4.89 Å². The largest absolute Gasteiger partial charge is 0.338 e. The quantitative estimate of drug-likeness (QED) is 0.721. The Morgan fingerprint density at radius 1 is 0.842 bits per heavy atom. The summed E-state index contributed by atoms with van der Waals surface area (Å²) < 4.78 is 12.8. The smallest absolute Gasteiger partial charge is 0.259 e. The lowest BCUT2D eigenvalue weighted by molar-refractivity contribution is 0.500. The monoisotopic (exact) mass is 276 g/mol. The molecule has 2 aromatic carbocycles. The summed E-state index contributed by atoms with van der Waals surface area (Å²) in [5.74, 6) is 0. The van der Waals surface area contributed by atoms with E-state index in [9.17, 15) is 9.46 Å². The Hall–Kier alpha value is -1.45. The van der Waals surface area contributed by atoms with Gasteiger partial charge in [0.05, 0.1) is 0 Å². The highest BCUT2D eigenvalue weighted by molar-refractivity contribution is 7.73. The summed E-state index contributed by atoms with van der Waals surface area (Å²) >= 11 is 0. The molecule has 0 bridgehead atoms. The molecular formula is C14H17N2O2P. The molecule has 0 atom stereocenters. The maximum absolute atomic E-state index is 12.8. The fraction of sp³-hybridized carbons (Fsp3) is 0.143. The van der Waals surface area contributed by atoms with E-state index in [1.165, 1.54) is 0 Å². The Bertz CT molecular complexity index is 577. The Morgan fingerprint density at radius 3 is 1.58 bits per heavy atom. The zero-order chi connectivity index (χ0) is 13.9. The van der Waals surface area contributed by atoms with Gasteiger partial charge in [-0.05, 0) is 23.3 Å². The molecule has 100 valence electrons. The first-order valence-electron chi connectivity index (χ1n) is 6.01. The van der Waals surface area contributed by atoms with Crippen molar-refractivity contribution in [2.24, 2.45) is 11.5 Å². The predicted molar refractivity (Wildman–Crippen MR) is 77.8 cm³/mol. The van der Waals surface area contributed by atoms with Crippen molar-refractivity contribution in [3.05, 3.63) is 59.7 Å². The molecule has 0 aliphatic heterocycles. The average molecular weight is 276 g/mol. The molecule has 4 nitrogen and oxygen atoms in total. The number of benzene rings is 2. The zero-order valence-electron chi connectivity index (χ0n) is 10.5. The van der Waals surface area contributed by atoms with Crippen molar-refractivity contribution in [2.45, 2.75) is 13.1 Å². The molecule has 19 heavy (non-hydrogen) atoms. The minimum atomic E-state index is -3.67. The molecule has 0 aliphatic carbocycles. The van der Waals surface area contributed by atoms with Gasteiger partial charge < -0.3 is 16.4 Å². The SMILES string of the molecule is NCc1ccccc1P(=O)(O)c1ccccc1CN. The molecule has 2 aromatic rings. The molecule has 2 rings (SSSR count). The first kappa shape index (κ1) is 14.0. The van der Waals surface area contributed by atoms with E-state index in [1.807, 2.05) is 0 Å². The van der Waals surface area contributed by atoms with Crippen molar-refractivity contribution in [3.63, 3.8) is 0 Å². The van der Waals surface area contributed by atoms with Gasteiger partial charge in [0.1, 0.15) is 0 Å². The summed E-state index contributed by atoms with van der Waals surface area (Å²) in [6.45, 7) is 0.455. The molecule has 0 fully saturated rings. The van der Waals surface area contributed by atoms with E-state index >= 15 is 0 Å². The number of nitrogens with two attached hydrogens (primary N) is 2. The Kier molecular flexibility index (Phi) is 4.17. The minimum absolute atomic E-state index is 0.228. The van der Waals surface area contributed by atoms with Crippen molar-refractivity contribution in [1.29, 1.82) is 0 Å². The van der Waals surface area contributed by atoms with Crippen LogP contribution in [0.2, 0.25) is 0 Å². The number of hydrogen-bond donors (Lipinski definition) is 3. The molecule has 0 saturated carbocycles. The van der Waals surface area contributed by atoms with Crippen LogP contribution in [0.3, 0.4) is 0 Å². The Labute approximate surface area is 112 Å². The molecule has 0 aliphatic rings. The van der Waals surface area contributed by atoms with Crippen LogP contribution in [0.15, 0.2) is 48.5 Å². The normalized spacial score (nSPS) is 11.5. The second-order valence-electron chi connectivity index (χ2n) is 4.24. The first-order chi connectivity index (χ1) is 9.11. The van der Waals surface area contributed by atoms with Crippen LogP contribution in [0.5, 0.6) is 0 Å². The van der Waals surface area contributed by atoms with Gasteiger partial charge in [-0.15, -0.1) is 0 Å². The summed E-state index contributed by atoms with van der Waals surface area (Å²) in [5.41, 5.74) is 12.6. The van der Waals surface area contributed by atoms with Gasteiger partial charge in [-0.2, -0.15) is 0 Å². The molecule has 5 N–H and O–H groups in total. The molecule has 5 heteroatoms. The lowest BCUT2D eigenvalue weighted by atomic mass is 10.2. The lowest BCUT2D eigenvalue weighted by Gasteiger charge is -2.18. The molecule has 0 spiro atoms. The standard InChI is InChI=1S/C14H17N2O2P/c15-9-11-5-1-3-7-13(11)19(17,18)14-8-4-2-6-12(14)10-16/h1-8H,9-10,15-16H2,(H,17,18). The average Bonchev–Trinajstić information content (AvgIpc) is 2.47. The summed E-state index contributed by atoms with van der Waals surface area (Å²) in [4.78, 5) is 10.5. The van der Waals surface area contributed by atoms with Crippen LogP contribution in [0.25, 0.3) is 0 Å². The van der Waals surface area contributed by atoms with Crippen LogP contribution in [-0.2, 0) is 17.7 Å². The van der Waals surface area contributed by atoms with Gasteiger partial charge in [0.25, 0.3) is 7.37 Å². The van der Waals surface area contributed by atoms with Gasteiger partial charge in [0, 0.05) is 23.7 Å². The van der Waals surface area contributed by atoms with E-state index in [1.54, 1.807) is 48.5 Å². The summed E-state index contributed by atoms with van der Waals surface area (Å²) in [6, 6.07) is 13.9. The molecular weight excluding hydrogens is 259 g/mol. The third kappa shape index (κ3) is 2.62. The van der Waals surface area contributed by atoms with Gasteiger partial charge in [0.15, 0.2) is 0 Å². The first-order valence-corrected chi connectivity index (χ1v) is 7.67. The van der Waals surface area contributed by atoms with E-state index in [-0.39, 0.29) is 13.1 Å². The van der Waals surface area contributed by atoms with Gasteiger partial charge in [0.2, 0.25) is 0 Å². The fourth-order valence-electron chi connectivity index (χ4n) is 2.09. The number of rotatable bonds is 4. The third-order valence-corrected chi connectivity index (χ3v) is 5.25. The molecule has 0 aromatic heterocycles. The van der Waals surface area contributed by atoms with Crippen molar-refractivity contribution in [2.75, 3.05) is 0 Å². The molecule has 0 radical (unpaired) electrons. The van der Waals surface area contributed by atoms with Crippen molar-refractivity contribution < 1.29 is 9.46 Å². The van der Waals surface area contributed by atoms with E-state index in [0.717, 1.165) is 0 Å². The van der Waals surface area contributed by atoms with Crippen LogP contribution in [0.1, 0.15) is 11.1 Å². The Balaban J connectivity index is 2.62. The van der Waals surface area contributed by atoms with Crippen LogP contribution in [0.4, 0.5) is 0 Å². The summed E-state index contributed by atoms with van der Waals surface area (Å²) in [5, 5.41) is 0.775. The third-order valence-electron chi connectivity index (χ3n) is 3.08. The van der Waals surface area contributed by atoms with Crippen molar-refractivity contribution in [1.82, 2.24) is 0 Å². The maximum atomic E-state index is 12.8. The highest BCUT2D eigenvalue weighted by Gasteiger charge is 2.28. The molecule has 0 saturated heterocycles. The highest BCUT2D eigenvalue weighted by atomic mass is 31.2. The van der Waals surface area contributed by atoms with Crippen molar-refractivity contribution >= 4 is 18.0 Å². The van der Waals surface area contributed by atoms with E-state index in [0.29, 0.717) is 21.7 Å².